The lowest BCUT2D eigenvalue weighted by Gasteiger charge is -2.29. The van der Waals surface area contributed by atoms with Gasteiger partial charge in [-0.15, -0.1) is 12.4 Å². The number of hydrogen-bond donors (Lipinski definition) is 2. The first-order valence-electron chi connectivity index (χ1n) is 6.88. The van der Waals surface area contributed by atoms with Crippen molar-refractivity contribution >= 4 is 18.4 Å². The Hall–Kier alpha value is -0.460. The highest BCUT2D eigenvalue weighted by Crippen LogP contribution is 2.30. The third kappa shape index (κ3) is 5.14. The van der Waals surface area contributed by atoms with Crippen LogP contribution in [0.25, 0.3) is 0 Å². The van der Waals surface area contributed by atoms with Gasteiger partial charge >= 0.3 is 11.9 Å². The SMILES string of the molecule is CCOC(=O)C(F)(F)C(O)C(N)CC1CCCCC1.Cl. The van der Waals surface area contributed by atoms with E-state index in [9.17, 15) is 18.7 Å². The third-order valence-corrected chi connectivity index (χ3v) is 3.65. The summed E-state index contributed by atoms with van der Waals surface area (Å²) in [6, 6.07) is -1.11. The van der Waals surface area contributed by atoms with Gasteiger partial charge in [-0.2, -0.15) is 8.78 Å². The molecule has 2 atom stereocenters. The first-order chi connectivity index (χ1) is 8.89. The number of nitrogens with two attached hydrogens (primary N) is 1. The maximum atomic E-state index is 13.6. The van der Waals surface area contributed by atoms with Gasteiger partial charge in [0.25, 0.3) is 0 Å². The number of carbonyl (C=O) groups excluding carboxylic acids is 1. The quantitative estimate of drug-likeness (QED) is 0.738. The van der Waals surface area contributed by atoms with E-state index in [0.29, 0.717) is 6.42 Å². The zero-order valence-electron chi connectivity index (χ0n) is 11.7. The summed E-state index contributed by atoms with van der Waals surface area (Å²) in [7, 11) is 0. The molecule has 2 unspecified atom stereocenters. The second-order valence-corrected chi connectivity index (χ2v) is 5.19. The summed E-state index contributed by atoms with van der Waals surface area (Å²) in [5.74, 6) is -5.39. The van der Waals surface area contributed by atoms with Gasteiger partial charge in [0.2, 0.25) is 0 Å². The Morgan fingerprint density at radius 3 is 2.45 bits per heavy atom. The van der Waals surface area contributed by atoms with Crippen LogP contribution in [0.5, 0.6) is 0 Å². The Morgan fingerprint density at radius 2 is 1.95 bits per heavy atom. The zero-order valence-corrected chi connectivity index (χ0v) is 12.5. The van der Waals surface area contributed by atoms with Gasteiger partial charge in [0.1, 0.15) is 6.10 Å². The van der Waals surface area contributed by atoms with E-state index in [1.807, 2.05) is 0 Å². The predicted molar refractivity (Wildman–Crippen MR) is 74.0 cm³/mol. The van der Waals surface area contributed by atoms with Gasteiger partial charge in [0, 0.05) is 6.04 Å². The summed E-state index contributed by atoms with van der Waals surface area (Å²) < 4.78 is 31.5. The van der Waals surface area contributed by atoms with Crippen molar-refractivity contribution < 1.29 is 23.4 Å². The van der Waals surface area contributed by atoms with Crippen LogP contribution in [0, 0.1) is 5.92 Å². The van der Waals surface area contributed by atoms with Crippen molar-refractivity contribution in [1.82, 2.24) is 0 Å². The van der Waals surface area contributed by atoms with Crippen LogP contribution >= 0.6 is 12.4 Å². The van der Waals surface area contributed by atoms with Gasteiger partial charge in [-0.3, -0.25) is 0 Å². The normalized spacial score (nSPS) is 19.9. The molecule has 7 heteroatoms. The fraction of sp³-hybridized carbons (Fsp3) is 0.923. The second kappa shape index (κ2) is 8.74. The molecular formula is C13H24ClF2NO3. The number of carbonyl (C=O) groups is 1. The molecule has 0 saturated heterocycles. The first kappa shape index (κ1) is 19.5. The van der Waals surface area contributed by atoms with Crippen molar-refractivity contribution in [3.05, 3.63) is 0 Å². The average molecular weight is 316 g/mol. The largest absolute Gasteiger partial charge is 0.461 e. The van der Waals surface area contributed by atoms with E-state index in [0.717, 1.165) is 32.1 Å². The molecule has 0 heterocycles. The molecule has 0 aromatic rings. The van der Waals surface area contributed by atoms with Crippen molar-refractivity contribution in [2.75, 3.05) is 6.61 Å². The van der Waals surface area contributed by atoms with E-state index in [4.69, 9.17) is 5.73 Å². The fourth-order valence-corrected chi connectivity index (χ4v) is 2.55. The first-order valence-corrected chi connectivity index (χ1v) is 6.88. The molecule has 1 aliphatic carbocycles. The number of ether oxygens (including phenoxy) is 1. The summed E-state index contributed by atoms with van der Waals surface area (Å²) in [6.07, 6.45) is 3.33. The van der Waals surface area contributed by atoms with Crippen LogP contribution in [0.4, 0.5) is 8.78 Å². The Balaban J connectivity index is 0.00000361. The summed E-state index contributed by atoms with van der Waals surface area (Å²) in [4.78, 5) is 11.1. The van der Waals surface area contributed by atoms with Crippen LogP contribution in [0.15, 0.2) is 0 Å². The summed E-state index contributed by atoms with van der Waals surface area (Å²) in [5, 5.41) is 9.60. The molecule has 1 rings (SSSR count). The molecule has 3 N–H and O–H groups in total. The van der Waals surface area contributed by atoms with Gasteiger partial charge in [-0.1, -0.05) is 32.1 Å². The summed E-state index contributed by atoms with van der Waals surface area (Å²) >= 11 is 0. The van der Waals surface area contributed by atoms with Crippen molar-refractivity contribution in [2.45, 2.75) is 63.5 Å². The summed E-state index contributed by atoms with van der Waals surface area (Å²) in [6.45, 7) is 1.28. The van der Waals surface area contributed by atoms with E-state index in [-0.39, 0.29) is 24.9 Å². The molecule has 0 aromatic carbocycles. The average Bonchev–Trinajstić information content (AvgIpc) is 2.39. The molecule has 0 radical (unpaired) electrons. The fourth-order valence-electron chi connectivity index (χ4n) is 2.55. The molecule has 0 amide bonds. The van der Waals surface area contributed by atoms with E-state index in [1.54, 1.807) is 0 Å². The Bertz CT molecular complexity index is 299. The third-order valence-electron chi connectivity index (χ3n) is 3.65. The minimum atomic E-state index is -3.94. The number of aliphatic hydroxyl groups excluding tert-OH is 1. The van der Waals surface area contributed by atoms with Crippen LogP contribution in [0.3, 0.4) is 0 Å². The lowest BCUT2D eigenvalue weighted by molar-refractivity contribution is -0.190. The van der Waals surface area contributed by atoms with Crippen LogP contribution in [0.2, 0.25) is 0 Å². The molecule has 0 bridgehead atoms. The van der Waals surface area contributed by atoms with Crippen molar-refractivity contribution in [2.24, 2.45) is 11.7 Å². The van der Waals surface area contributed by atoms with Crippen LogP contribution in [-0.4, -0.2) is 35.8 Å². The Labute approximate surface area is 124 Å². The minimum absolute atomic E-state index is 0. The van der Waals surface area contributed by atoms with E-state index in [1.165, 1.54) is 6.92 Å². The smallest absolute Gasteiger partial charge is 0.379 e. The number of hydrogen-bond acceptors (Lipinski definition) is 4. The molecule has 0 aliphatic heterocycles. The topological polar surface area (TPSA) is 72.5 Å². The number of rotatable bonds is 6. The standard InChI is InChI=1S/C13H23F2NO3.ClH/c1-2-19-12(18)13(14,15)11(17)10(16)8-9-6-4-3-5-7-9;/h9-11,17H,2-8,16H2,1H3;1H. The van der Waals surface area contributed by atoms with E-state index >= 15 is 0 Å². The number of alkyl halides is 2. The minimum Gasteiger partial charge on any atom is -0.461 e. The predicted octanol–water partition coefficient (Wildman–Crippen LogP) is 2.27. The highest BCUT2D eigenvalue weighted by atomic mass is 35.5. The van der Waals surface area contributed by atoms with E-state index in [2.05, 4.69) is 4.74 Å². The van der Waals surface area contributed by atoms with Gasteiger partial charge in [0.05, 0.1) is 6.61 Å². The monoisotopic (exact) mass is 315 g/mol. The number of halogens is 3. The van der Waals surface area contributed by atoms with Gasteiger partial charge in [-0.25, -0.2) is 4.79 Å². The molecule has 1 fully saturated rings. The molecular weight excluding hydrogens is 292 g/mol. The number of aliphatic hydroxyl groups is 1. The molecule has 20 heavy (non-hydrogen) atoms. The highest BCUT2D eigenvalue weighted by molar-refractivity contribution is 5.85. The Kier molecular flexibility index (Phi) is 8.54. The van der Waals surface area contributed by atoms with Gasteiger partial charge in [-0.05, 0) is 19.3 Å². The second-order valence-electron chi connectivity index (χ2n) is 5.19. The zero-order chi connectivity index (χ0) is 14.5. The molecule has 1 saturated carbocycles. The Morgan fingerprint density at radius 1 is 1.40 bits per heavy atom. The van der Waals surface area contributed by atoms with Crippen molar-refractivity contribution in [3.8, 4) is 0 Å². The lowest BCUT2D eigenvalue weighted by Crippen LogP contribution is -2.52. The molecule has 0 aromatic heterocycles. The van der Waals surface area contributed by atoms with Crippen LogP contribution in [-0.2, 0) is 9.53 Å². The summed E-state index contributed by atoms with van der Waals surface area (Å²) in [5.41, 5.74) is 5.63. The van der Waals surface area contributed by atoms with Crippen molar-refractivity contribution in [3.63, 3.8) is 0 Å². The van der Waals surface area contributed by atoms with Crippen LogP contribution < -0.4 is 5.73 Å². The maximum absolute atomic E-state index is 13.6. The highest BCUT2D eigenvalue weighted by Gasteiger charge is 2.50. The number of esters is 1. The van der Waals surface area contributed by atoms with Gasteiger partial charge < -0.3 is 15.6 Å². The van der Waals surface area contributed by atoms with Gasteiger partial charge in [0.15, 0.2) is 0 Å². The lowest BCUT2D eigenvalue weighted by atomic mass is 9.83. The maximum Gasteiger partial charge on any atom is 0.379 e. The van der Waals surface area contributed by atoms with E-state index < -0.39 is 24.0 Å². The van der Waals surface area contributed by atoms with Crippen molar-refractivity contribution in [1.29, 1.82) is 0 Å². The van der Waals surface area contributed by atoms with Crippen LogP contribution in [0.1, 0.15) is 45.4 Å². The molecule has 1 aliphatic rings. The molecule has 120 valence electrons. The molecule has 0 spiro atoms. The molecule has 4 nitrogen and oxygen atoms in total.